The van der Waals surface area contributed by atoms with Crippen LogP contribution in [-0.2, 0) is 20.7 Å². The van der Waals surface area contributed by atoms with E-state index in [9.17, 15) is 19.2 Å². The fourth-order valence-corrected chi connectivity index (χ4v) is 4.36. The van der Waals surface area contributed by atoms with Crippen molar-refractivity contribution in [3.63, 3.8) is 0 Å². The summed E-state index contributed by atoms with van der Waals surface area (Å²) < 4.78 is 11.9. The van der Waals surface area contributed by atoms with Gasteiger partial charge in [-0.25, -0.2) is 14.6 Å². The summed E-state index contributed by atoms with van der Waals surface area (Å²) in [6.07, 6.45) is 1.33. The van der Waals surface area contributed by atoms with Crippen LogP contribution < -0.4 is 10.9 Å². The fraction of sp³-hybridized carbons (Fsp3) is 0.286. The zero-order chi connectivity index (χ0) is 28.3. The molecule has 1 N–H and O–H groups in total. The van der Waals surface area contributed by atoms with Gasteiger partial charge in [0.25, 0.3) is 5.56 Å². The molecule has 200 valence electrons. The van der Waals surface area contributed by atoms with Gasteiger partial charge >= 0.3 is 12.1 Å². The summed E-state index contributed by atoms with van der Waals surface area (Å²) in [4.78, 5) is 54.5. The number of nitrogens with zero attached hydrogens (tertiary/aromatic N) is 3. The molecule has 1 aliphatic rings. The molecule has 4 rings (SSSR count). The Morgan fingerprint density at radius 3 is 2.62 bits per heavy atom. The Bertz CT molecular complexity index is 1550. The van der Waals surface area contributed by atoms with Crippen LogP contribution in [0.3, 0.4) is 0 Å². The maximum atomic E-state index is 13.2. The van der Waals surface area contributed by atoms with Crippen molar-refractivity contribution in [3.8, 4) is 17.2 Å². The zero-order valence-electron chi connectivity index (χ0n) is 21.5. The summed E-state index contributed by atoms with van der Waals surface area (Å²) in [5.41, 5.74) is 1.26. The number of ether oxygens (including phenoxy) is 2. The number of amides is 1. The summed E-state index contributed by atoms with van der Waals surface area (Å²) in [6, 6.07) is 11.8. The van der Waals surface area contributed by atoms with Gasteiger partial charge in [-0.05, 0) is 75.6 Å². The Labute approximate surface area is 229 Å². The summed E-state index contributed by atoms with van der Waals surface area (Å²) in [5.74, 6) is -1.18. The van der Waals surface area contributed by atoms with E-state index in [4.69, 9.17) is 26.3 Å². The number of hydrogen-bond donors (Lipinski definition) is 1. The molecule has 0 spiro atoms. The van der Waals surface area contributed by atoms with Crippen molar-refractivity contribution in [2.24, 2.45) is 0 Å². The Hall–Kier alpha value is -4.49. The van der Waals surface area contributed by atoms with E-state index in [1.165, 1.54) is 29.0 Å². The van der Waals surface area contributed by atoms with E-state index >= 15 is 0 Å². The number of nitrogens with one attached hydrogen (secondary N) is 1. The predicted molar refractivity (Wildman–Crippen MR) is 143 cm³/mol. The molecule has 0 bridgehead atoms. The normalized spacial score (nSPS) is 14.2. The molecule has 1 atom stereocenters. The number of carbonyl (C=O) groups excluding carboxylic acids is 3. The zero-order valence-corrected chi connectivity index (χ0v) is 22.2. The van der Waals surface area contributed by atoms with Crippen LogP contribution >= 0.6 is 11.6 Å². The first kappa shape index (κ1) is 27.5. The minimum absolute atomic E-state index is 0.162. The van der Waals surface area contributed by atoms with Crippen LogP contribution in [0.15, 0.2) is 53.5 Å². The number of nitriles is 1. The van der Waals surface area contributed by atoms with E-state index in [1.54, 1.807) is 45.0 Å². The van der Waals surface area contributed by atoms with Crippen LogP contribution in [0.25, 0.3) is 11.1 Å². The smallest absolute Gasteiger partial charge is 0.412 e. The predicted octanol–water partition coefficient (Wildman–Crippen LogP) is 4.70. The molecule has 3 heterocycles. The van der Waals surface area contributed by atoms with E-state index in [-0.39, 0.29) is 11.3 Å². The average Bonchev–Trinajstić information content (AvgIpc) is 3.32. The van der Waals surface area contributed by atoms with Gasteiger partial charge in [0.1, 0.15) is 23.4 Å². The molecule has 1 amide bonds. The molecule has 0 radical (unpaired) electrons. The first-order chi connectivity index (χ1) is 18.4. The van der Waals surface area contributed by atoms with Crippen LogP contribution in [0.1, 0.15) is 55.0 Å². The van der Waals surface area contributed by atoms with E-state index in [0.29, 0.717) is 40.4 Å². The molecule has 0 saturated carbocycles. The van der Waals surface area contributed by atoms with Gasteiger partial charge in [0.15, 0.2) is 6.61 Å². The fourth-order valence-electron chi connectivity index (χ4n) is 4.19. The second-order valence-corrected chi connectivity index (χ2v) is 10.3. The summed E-state index contributed by atoms with van der Waals surface area (Å²) in [7, 11) is 0. The van der Waals surface area contributed by atoms with E-state index < -0.39 is 41.7 Å². The van der Waals surface area contributed by atoms with Crippen LogP contribution in [-0.4, -0.2) is 39.6 Å². The minimum Gasteiger partial charge on any atom is -0.456 e. The average molecular weight is 549 g/mol. The number of esters is 1. The molecular weight excluding hydrogens is 524 g/mol. The monoisotopic (exact) mass is 548 g/mol. The minimum atomic E-state index is -0.882. The molecule has 0 fully saturated rings. The molecular formula is C28H25ClN4O6. The summed E-state index contributed by atoms with van der Waals surface area (Å²) in [6.45, 7) is 4.72. The molecule has 3 aromatic rings. The number of aromatic nitrogens is 2. The van der Waals surface area contributed by atoms with Gasteiger partial charge in [-0.15, -0.1) is 0 Å². The highest BCUT2D eigenvalue weighted by Gasteiger charge is 2.31. The first-order valence-corrected chi connectivity index (χ1v) is 12.4. The number of halogens is 1. The number of Topliss-reactive ketones (excluding diaryl/α,β-unsaturated/α-hetero) is 1. The third-order valence-corrected chi connectivity index (χ3v) is 6.11. The van der Waals surface area contributed by atoms with Crippen LogP contribution in [0, 0.1) is 11.3 Å². The van der Waals surface area contributed by atoms with Crippen LogP contribution in [0.2, 0.25) is 5.02 Å². The van der Waals surface area contributed by atoms with E-state index in [2.05, 4.69) is 10.3 Å². The Morgan fingerprint density at radius 2 is 1.95 bits per heavy atom. The Balaban J connectivity index is 1.53. The Kier molecular flexibility index (Phi) is 7.83. The highest BCUT2D eigenvalue weighted by Crippen LogP contribution is 2.34. The molecule has 0 saturated heterocycles. The SMILES string of the molecule is CC(C)(C)OC(=O)Nc1ccc(Cl)cc1-c1cc2n(c(=O)c1)C(C(=O)OCC(=O)c1ccc(C#N)nc1)CC2. The van der Waals surface area contributed by atoms with Gasteiger partial charge in [-0.1, -0.05) is 11.6 Å². The molecule has 11 heteroatoms. The number of aryl methyl sites for hydroxylation is 1. The largest absolute Gasteiger partial charge is 0.456 e. The molecule has 1 unspecified atom stereocenters. The van der Waals surface area contributed by atoms with Crippen molar-refractivity contribution in [1.82, 2.24) is 9.55 Å². The van der Waals surface area contributed by atoms with Gasteiger partial charge in [0.05, 0.1) is 5.69 Å². The van der Waals surface area contributed by atoms with Crippen molar-refractivity contribution >= 4 is 35.1 Å². The lowest BCUT2D eigenvalue weighted by molar-refractivity contribution is -0.146. The highest BCUT2D eigenvalue weighted by atomic mass is 35.5. The number of fused-ring (bicyclic) bond motifs is 1. The number of pyridine rings is 2. The van der Waals surface area contributed by atoms with Gasteiger partial charge < -0.3 is 9.47 Å². The lowest BCUT2D eigenvalue weighted by Crippen LogP contribution is -2.29. The number of anilines is 1. The second kappa shape index (κ2) is 11.1. The molecule has 2 aromatic heterocycles. The topological polar surface area (TPSA) is 140 Å². The molecule has 1 aliphatic heterocycles. The van der Waals surface area contributed by atoms with Crippen molar-refractivity contribution in [2.45, 2.75) is 45.3 Å². The highest BCUT2D eigenvalue weighted by molar-refractivity contribution is 6.31. The number of rotatable bonds is 6. The quantitative estimate of drug-likeness (QED) is 0.345. The molecule has 39 heavy (non-hydrogen) atoms. The standard InChI is InChI=1S/C28H25ClN4O6/c1-28(2,3)39-27(37)32-22-8-5-18(29)12-21(22)17-10-20-7-9-23(33(20)25(35)11-17)26(36)38-15-24(34)16-4-6-19(13-30)31-14-16/h4-6,8,10-12,14,23H,7,9,15H2,1-3H3,(H,32,37). The third-order valence-electron chi connectivity index (χ3n) is 5.88. The van der Waals surface area contributed by atoms with Gasteiger partial charge in [0.2, 0.25) is 5.78 Å². The maximum Gasteiger partial charge on any atom is 0.412 e. The van der Waals surface area contributed by atoms with Gasteiger partial charge in [-0.3, -0.25) is 19.5 Å². The van der Waals surface area contributed by atoms with E-state index in [1.807, 2.05) is 6.07 Å². The number of benzene rings is 1. The lowest BCUT2D eigenvalue weighted by Gasteiger charge is -2.21. The van der Waals surface area contributed by atoms with E-state index in [0.717, 1.165) is 0 Å². The molecule has 10 nitrogen and oxygen atoms in total. The second-order valence-electron chi connectivity index (χ2n) is 9.89. The maximum absolute atomic E-state index is 13.2. The van der Waals surface area contributed by atoms with Crippen molar-refractivity contribution in [1.29, 1.82) is 5.26 Å². The van der Waals surface area contributed by atoms with Crippen LogP contribution in [0.5, 0.6) is 0 Å². The Morgan fingerprint density at radius 1 is 1.18 bits per heavy atom. The first-order valence-electron chi connectivity index (χ1n) is 12.1. The van der Waals surface area contributed by atoms with Gasteiger partial charge in [0, 0.05) is 34.1 Å². The van der Waals surface area contributed by atoms with Crippen LogP contribution in [0.4, 0.5) is 10.5 Å². The van der Waals surface area contributed by atoms with Gasteiger partial charge in [-0.2, -0.15) is 5.26 Å². The molecule has 1 aromatic carbocycles. The molecule has 0 aliphatic carbocycles. The lowest BCUT2D eigenvalue weighted by atomic mass is 10.0. The van der Waals surface area contributed by atoms with Crippen molar-refractivity contribution < 1.29 is 23.9 Å². The number of carbonyl (C=O) groups is 3. The number of ketones is 1. The summed E-state index contributed by atoms with van der Waals surface area (Å²) >= 11 is 6.22. The summed E-state index contributed by atoms with van der Waals surface area (Å²) in [5, 5.41) is 11.9. The van der Waals surface area contributed by atoms with Crippen molar-refractivity contribution in [3.05, 3.63) is 81.0 Å². The van der Waals surface area contributed by atoms with Crippen molar-refractivity contribution in [2.75, 3.05) is 11.9 Å². The number of hydrogen-bond acceptors (Lipinski definition) is 8. The third kappa shape index (κ3) is 6.51.